The van der Waals surface area contributed by atoms with Crippen LogP contribution in [0.25, 0.3) is 0 Å². The quantitative estimate of drug-likeness (QED) is 0.526. The lowest BCUT2D eigenvalue weighted by Crippen LogP contribution is -2.13. The van der Waals surface area contributed by atoms with E-state index in [1.54, 1.807) is 29.7 Å². The fraction of sp³-hybridized carbons (Fsp3) is 0.217. The number of benzene rings is 2. The maximum absolute atomic E-state index is 13.4. The highest BCUT2D eigenvalue weighted by Crippen LogP contribution is 2.41. The van der Waals surface area contributed by atoms with E-state index in [2.05, 4.69) is 10.3 Å². The topological polar surface area (TPSA) is 50.7 Å². The van der Waals surface area contributed by atoms with Crippen molar-refractivity contribution in [2.24, 2.45) is 4.99 Å². The second kappa shape index (κ2) is 8.57. The van der Waals surface area contributed by atoms with Gasteiger partial charge in [0, 0.05) is 16.8 Å². The average Bonchev–Trinajstić information content (AvgIpc) is 3.29. The van der Waals surface area contributed by atoms with Gasteiger partial charge in [0.25, 0.3) is 5.91 Å². The molecule has 1 aromatic heterocycles. The zero-order chi connectivity index (χ0) is 20.2. The van der Waals surface area contributed by atoms with Crippen LogP contribution in [0.1, 0.15) is 39.7 Å². The number of halogens is 1. The van der Waals surface area contributed by atoms with Crippen molar-refractivity contribution in [2.45, 2.75) is 26.2 Å². The van der Waals surface area contributed by atoms with Crippen LogP contribution in [0.3, 0.4) is 0 Å². The summed E-state index contributed by atoms with van der Waals surface area (Å²) in [4.78, 5) is 18.8. The Morgan fingerprint density at radius 2 is 2.07 bits per heavy atom. The van der Waals surface area contributed by atoms with Crippen molar-refractivity contribution in [3.8, 4) is 5.75 Å². The molecule has 0 radical (unpaired) electrons. The molecule has 3 aromatic rings. The number of hydrogen-bond donors (Lipinski definition) is 1. The van der Waals surface area contributed by atoms with Gasteiger partial charge in [-0.15, -0.1) is 11.3 Å². The highest BCUT2D eigenvalue weighted by atomic mass is 32.1. The van der Waals surface area contributed by atoms with Gasteiger partial charge in [-0.1, -0.05) is 12.1 Å². The summed E-state index contributed by atoms with van der Waals surface area (Å²) in [5, 5.41) is 3.64. The molecular formula is C23H21FN2O2S. The summed E-state index contributed by atoms with van der Waals surface area (Å²) in [5.74, 6) is 0.290. The molecule has 0 spiro atoms. The Morgan fingerprint density at radius 3 is 2.83 bits per heavy atom. The molecule has 1 N–H and O–H groups in total. The first-order chi connectivity index (χ1) is 14.1. The largest absolute Gasteiger partial charge is 0.494 e. The third-order valence-electron chi connectivity index (χ3n) is 4.73. The van der Waals surface area contributed by atoms with Crippen LogP contribution < -0.4 is 10.1 Å². The van der Waals surface area contributed by atoms with E-state index < -0.39 is 0 Å². The van der Waals surface area contributed by atoms with Crippen molar-refractivity contribution in [3.05, 3.63) is 75.9 Å². The third-order valence-corrected chi connectivity index (χ3v) is 5.93. The number of fused-ring (bicyclic) bond motifs is 1. The molecular weight excluding hydrogens is 387 g/mol. The van der Waals surface area contributed by atoms with Gasteiger partial charge in [0.05, 0.1) is 12.2 Å². The standard InChI is InChI=1S/C23H21FN2O2S/c1-2-28-18-11-9-17(10-12-18)26-22(27)21-19-7-4-8-20(19)29-23(21)25-14-15-5-3-6-16(24)13-15/h3,5-6,9-14H,2,4,7-8H2,1H3,(H,26,27). The number of anilines is 1. The number of carbonyl (C=O) groups is 1. The zero-order valence-corrected chi connectivity index (χ0v) is 16.9. The minimum Gasteiger partial charge on any atom is -0.494 e. The second-order valence-corrected chi connectivity index (χ2v) is 7.85. The number of hydrogen-bond acceptors (Lipinski definition) is 4. The maximum Gasteiger partial charge on any atom is 0.259 e. The van der Waals surface area contributed by atoms with Gasteiger partial charge in [0.15, 0.2) is 0 Å². The van der Waals surface area contributed by atoms with Crippen molar-refractivity contribution < 1.29 is 13.9 Å². The van der Waals surface area contributed by atoms with Crippen LogP contribution in [0.2, 0.25) is 0 Å². The van der Waals surface area contributed by atoms with E-state index in [0.717, 1.165) is 30.6 Å². The smallest absolute Gasteiger partial charge is 0.259 e. The molecule has 0 fully saturated rings. The normalized spacial score (nSPS) is 12.9. The summed E-state index contributed by atoms with van der Waals surface area (Å²) < 4.78 is 18.9. The van der Waals surface area contributed by atoms with E-state index in [-0.39, 0.29) is 11.7 Å². The lowest BCUT2D eigenvalue weighted by atomic mass is 10.1. The fourth-order valence-electron chi connectivity index (χ4n) is 3.43. The van der Waals surface area contributed by atoms with Gasteiger partial charge in [-0.05, 0) is 73.7 Å². The molecule has 0 atom stereocenters. The number of ether oxygens (including phenoxy) is 1. The van der Waals surface area contributed by atoms with E-state index in [1.807, 2.05) is 31.2 Å². The Kier molecular flexibility index (Phi) is 5.71. The van der Waals surface area contributed by atoms with Gasteiger partial charge in [0.2, 0.25) is 0 Å². The summed E-state index contributed by atoms with van der Waals surface area (Å²) in [7, 11) is 0. The van der Waals surface area contributed by atoms with Gasteiger partial charge in [0.1, 0.15) is 16.6 Å². The summed E-state index contributed by atoms with van der Waals surface area (Å²) in [6.45, 7) is 2.53. The van der Waals surface area contributed by atoms with Crippen LogP contribution in [0.4, 0.5) is 15.1 Å². The molecule has 0 bridgehead atoms. The predicted molar refractivity (Wildman–Crippen MR) is 116 cm³/mol. The molecule has 0 saturated heterocycles. The Hall–Kier alpha value is -2.99. The number of rotatable bonds is 6. The molecule has 4 nitrogen and oxygen atoms in total. The number of carbonyl (C=O) groups excluding carboxylic acids is 1. The highest BCUT2D eigenvalue weighted by molar-refractivity contribution is 7.16. The second-order valence-electron chi connectivity index (χ2n) is 6.76. The van der Waals surface area contributed by atoms with E-state index >= 15 is 0 Å². The lowest BCUT2D eigenvalue weighted by Gasteiger charge is -2.08. The first kappa shape index (κ1) is 19.3. The predicted octanol–water partition coefficient (Wildman–Crippen LogP) is 5.78. The molecule has 1 amide bonds. The maximum atomic E-state index is 13.4. The van der Waals surface area contributed by atoms with Crippen LogP contribution in [0.15, 0.2) is 53.5 Å². The van der Waals surface area contributed by atoms with E-state index in [1.165, 1.54) is 17.0 Å². The van der Waals surface area contributed by atoms with Gasteiger partial charge in [-0.2, -0.15) is 0 Å². The molecule has 6 heteroatoms. The van der Waals surface area contributed by atoms with Crippen molar-refractivity contribution in [2.75, 3.05) is 11.9 Å². The SMILES string of the molecule is CCOc1ccc(NC(=O)c2c(N=Cc3cccc(F)c3)sc3c2CCC3)cc1. The van der Waals surface area contributed by atoms with Gasteiger partial charge < -0.3 is 10.1 Å². The summed E-state index contributed by atoms with van der Waals surface area (Å²) in [6, 6.07) is 13.6. The zero-order valence-electron chi connectivity index (χ0n) is 16.1. The van der Waals surface area contributed by atoms with Crippen molar-refractivity contribution >= 4 is 34.1 Å². The lowest BCUT2D eigenvalue weighted by molar-refractivity contribution is 0.102. The van der Waals surface area contributed by atoms with Gasteiger partial charge in [-0.25, -0.2) is 9.38 Å². The molecule has 1 aliphatic rings. The first-order valence-corrected chi connectivity index (χ1v) is 10.4. The Morgan fingerprint density at radius 1 is 1.24 bits per heavy atom. The van der Waals surface area contributed by atoms with Crippen LogP contribution in [-0.4, -0.2) is 18.7 Å². The molecule has 1 heterocycles. The fourth-order valence-corrected chi connectivity index (χ4v) is 4.66. The van der Waals surface area contributed by atoms with Crippen molar-refractivity contribution in [3.63, 3.8) is 0 Å². The van der Waals surface area contributed by atoms with E-state index in [9.17, 15) is 9.18 Å². The van der Waals surface area contributed by atoms with Gasteiger partial charge in [-0.3, -0.25) is 4.79 Å². The van der Waals surface area contributed by atoms with Crippen molar-refractivity contribution in [1.82, 2.24) is 0 Å². The molecule has 0 aliphatic heterocycles. The van der Waals surface area contributed by atoms with Crippen molar-refractivity contribution in [1.29, 1.82) is 0 Å². The summed E-state index contributed by atoms with van der Waals surface area (Å²) in [6.07, 6.45) is 4.52. The highest BCUT2D eigenvalue weighted by Gasteiger charge is 2.26. The minimum absolute atomic E-state index is 0.167. The number of amides is 1. The van der Waals surface area contributed by atoms with Crippen LogP contribution >= 0.6 is 11.3 Å². The number of nitrogens with zero attached hydrogens (tertiary/aromatic N) is 1. The Bertz CT molecular complexity index is 1060. The number of nitrogens with one attached hydrogen (secondary N) is 1. The number of thiophene rings is 1. The molecule has 0 unspecified atom stereocenters. The minimum atomic E-state index is -0.309. The Balaban J connectivity index is 1.59. The van der Waals surface area contributed by atoms with E-state index in [0.29, 0.717) is 28.4 Å². The molecule has 29 heavy (non-hydrogen) atoms. The first-order valence-electron chi connectivity index (χ1n) is 9.62. The molecule has 4 rings (SSSR count). The van der Waals surface area contributed by atoms with Gasteiger partial charge >= 0.3 is 0 Å². The van der Waals surface area contributed by atoms with Crippen LogP contribution in [0, 0.1) is 5.82 Å². The summed E-state index contributed by atoms with van der Waals surface area (Å²) >= 11 is 1.55. The molecule has 2 aromatic carbocycles. The molecule has 0 saturated carbocycles. The molecule has 148 valence electrons. The summed E-state index contributed by atoms with van der Waals surface area (Å²) in [5.41, 5.74) is 3.08. The monoisotopic (exact) mass is 408 g/mol. The number of aryl methyl sites for hydroxylation is 1. The number of aliphatic imine (C=N–C) groups is 1. The van der Waals surface area contributed by atoms with Crippen LogP contribution in [-0.2, 0) is 12.8 Å². The average molecular weight is 408 g/mol. The Labute approximate surface area is 173 Å². The van der Waals surface area contributed by atoms with E-state index in [4.69, 9.17) is 4.74 Å². The third kappa shape index (κ3) is 4.38. The molecule has 1 aliphatic carbocycles. The van der Waals surface area contributed by atoms with Crippen LogP contribution in [0.5, 0.6) is 5.75 Å².